The van der Waals surface area contributed by atoms with Gasteiger partial charge in [0, 0.05) is 18.0 Å². The number of amides is 3. The molecule has 7 heteroatoms. The monoisotopic (exact) mass is 375 g/mol. The maximum Gasteiger partial charge on any atom is 0.312 e. The summed E-state index contributed by atoms with van der Waals surface area (Å²) < 4.78 is 5.87. The summed E-state index contributed by atoms with van der Waals surface area (Å²) in [6.45, 7) is 0.976. The number of primary amides is 1. The predicted octanol–water partition coefficient (Wildman–Crippen LogP) is 2.73. The highest BCUT2D eigenvalue weighted by atomic mass is 35.5. The molecule has 0 spiro atoms. The van der Waals surface area contributed by atoms with E-state index in [1.807, 2.05) is 47.4 Å². The van der Waals surface area contributed by atoms with Crippen molar-refractivity contribution in [2.75, 3.05) is 6.61 Å². The van der Waals surface area contributed by atoms with Gasteiger partial charge in [-0.3, -0.25) is 4.79 Å². The molecule has 0 aromatic heterocycles. The van der Waals surface area contributed by atoms with E-state index in [1.54, 1.807) is 0 Å². The number of ether oxygens (including phenoxy) is 1. The van der Waals surface area contributed by atoms with Crippen LogP contribution >= 0.6 is 11.6 Å². The number of likely N-dealkylation sites (tertiary alicyclic amines) is 1. The lowest BCUT2D eigenvalue weighted by molar-refractivity contribution is -0.130. The number of rotatable bonds is 6. The summed E-state index contributed by atoms with van der Waals surface area (Å²) in [4.78, 5) is 25.0. The summed E-state index contributed by atoms with van der Waals surface area (Å²) >= 11 is 6.03. The van der Waals surface area contributed by atoms with Crippen LogP contribution in [0.25, 0.3) is 0 Å². The number of halogens is 1. The molecular formula is C19H22ClN3O3. The van der Waals surface area contributed by atoms with Gasteiger partial charge in [-0.15, -0.1) is 0 Å². The fourth-order valence-electron chi connectivity index (χ4n) is 3.21. The quantitative estimate of drug-likeness (QED) is 0.801. The number of hydrogen-bond donors (Lipinski definition) is 2. The highest BCUT2D eigenvalue weighted by molar-refractivity contribution is 6.30. The van der Waals surface area contributed by atoms with Gasteiger partial charge in [-0.1, -0.05) is 29.8 Å². The van der Waals surface area contributed by atoms with Gasteiger partial charge in [-0.05, 0) is 42.7 Å². The third-order valence-electron chi connectivity index (χ3n) is 4.53. The summed E-state index contributed by atoms with van der Waals surface area (Å²) in [5, 5.41) is 3.30. The Bertz CT molecular complexity index is 747. The molecule has 2 atom stereocenters. The number of nitrogens with two attached hydrogens (primary N) is 1. The van der Waals surface area contributed by atoms with Crippen LogP contribution in [0.1, 0.15) is 24.8 Å². The predicted molar refractivity (Wildman–Crippen MR) is 99.3 cm³/mol. The van der Waals surface area contributed by atoms with Gasteiger partial charge in [0.15, 0.2) is 0 Å². The topological polar surface area (TPSA) is 84.7 Å². The number of carbonyl (C=O) groups is 2. The molecule has 1 heterocycles. The molecule has 3 rings (SSSR count). The van der Waals surface area contributed by atoms with Crippen LogP contribution in [0.4, 0.5) is 4.79 Å². The second kappa shape index (κ2) is 8.27. The van der Waals surface area contributed by atoms with Gasteiger partial charge in [0.1, 0.15) is 12.4 Å². The smallest absolute Gasteiger partial charge is 0.312 e. The number of urea groups is 1. The average molecular weight is 376 g/mol. The van der Waals surface area contributed by atoms with Crippen LogP contribution in [0, 0.1) is 0 Å². The molecule has 3 N–H and O–H groups in total. The Morgan fingerprint density at radius 2 is 2.27 bits per heavy atom. The van der Waals surface area contributed by atoms with Crippen LogP contribution in [-0.4, -0.2) is 35.5 Å². The summed E-state index contributed by atoms with van der Waals surface area (Å²) in [6.07, 6.45) is 7.53. The highest BCUT2D eigenvalue weighted by Crippen LogP contribution is 2.24. The van der Waals surface area contributed by atoms with Crippen LogP contribution in [0.3, 0.4) is 0 Å². The van der Waals surface area contributed by atoms with Gasteiger partial charge >= 0.3 is 6.03 Å². The van der Waals surface area contributed by atoms with E-state index < -0.39 is 6.03 Å². The Kier molecular flexibility index (Phi) is 5.83. The molecule has 138 valence electrons. The van der Waals surface area contributed by atoms with E-state index in [-0.39, 0.29) is 18.0 Å². The summed E-state index contributed by atoms with van der Waals surface area (Å²) in [7, 11) is 0. The second-order valence-corrected chi connectivity index (χ2v) is 6.91. The van der Waals surface area contributed by atoms with Crippen LogP contribution in [0.5, 0.6) is 0 Å². The molecule has 0 bridgehead atoms. The summed E-state index contributed by atoms with van der Waals surface area (Å²) in [5.41, 5.74) is 6.13. The van der Waals surface area contributed by atoms with Crippen molar-refractivity contribution in [2.45, 2.75) is 37.9 Å². The Labute approximate surface area is 157 Å². The maximum absolute atomic E-state index is 12.2. The van der Waals surface area contributed by atoms with Crippen molar-refractivity contribution in [1.29, 1.82) is 0 Å². The van der Waals surface area contributed by atoms with Crippen molar-refractivity contribution in [1.82, 2.24) is 10.2 Å². The Morgan fingerprint density at radius 3 is 2.96 bits per heavy atom. The Morgan fingerprint density at radius 1 is 1.42 bits per heavy atom. The SMILES string of the molecule is NC(=O)NC1C=CC(OC[C@@H]2CCC(=O)N2Cc2cccc(Cl)c2)=CC1. The van der Waals surface area contributed by atoms with Crippen molar-refractivity contribution >= 4 is 23.5 Å². The molecule has 2 aliphatic rings. The zero-order valence-corrected chi connectivity index (χ0v) is 15.1. The minimum atomic E-state index is -0.543. The number of allylic oxidation sites excluding steroid dienone is 1. The van der Waals surface area contributed by atoms with Crippen molar-refractivity contribution < 1.29 is 14.3 Å². The molecule has 0 saturated carbocycles. The standard InChI is InChI=1S/C19H22ClN3O3/c20-14-3-1-2-13(10-14)11-23-16(6-9-18(23)24)12-26-17-7-4-15(5-8-17)22-19(21)25/h1-4,7-8,10,15-16H,5-6,9,11-12H2,(H3,21,22,25)/t15?,16-/m0/s1. The minimum Gasteiger partial charge on any atom is -0.492 e. The van der Waals surface area contributed by atoms with E-state index in [9.17, 15) is 9.59 Å². The van der Waals surface area contributed by atoms with Crippen LogP contribution in [0.15, 0.2) is 48.3 Å². The average Bonchev–Trinajstić information content (AvgIpc) is 2.94. The zero-order valence-electron chi connectivity index (χ0n) is 14.4. The third kappa shape index (κ3) is 4.79. The van der Waals surface area contributed by atoms with Gasteiger partial charge in [-0.2, -0.15) is 0 Å². The summed E-state index contributed by atoms with van der Waals surface area (Å²) in [6, 6.07) is 6.94. The van der Waals surface area contributed by atoms with E-state index in [2.05, 4.69) is 5.32 Å². The van der Waals surface area contributed by atoms with Gasteiger partial charge in [0.2, 0.25) is 5.91 Å². The molecule has 6 nitrogen and oxygen atoms in total. The molecule has 3 amide bonds. The lowest BCUT2D eigenvalue weighted by Gasteiger charge is -2.26. The van der Waals surface area contributed by atoms with Gasteiger partial charge in [-0.25, -0.2) is 4.79 Å². The third-order valence-corrected chi connectivity index (χ3v) is 4.77. The first-order valence-corrected chi connectivity index (χ1v) is 9.00. The van der Waals surface area contributed by atoms with Crippen LogP contribution in [0.2, 0.25) is 5.02 Å². The van der Waals surface area contributed by atoms with Crippen molar-refractivity contribution in [2.24, 2.45) is 5.73 Å². The summed E-state index contributed by atoms with van der Waals surface area (Å²) in [5.74, 6) is 0.882. The first-order chi connectivity index (χ1) is 12.5. The first-order valence-electron chi connectivity index (χ1n) is 8.62. The van der Waals surface area contributed by atoms with Gasteiger partial charge in [0.05, 0.1) is 12.1 Å². The maximum atomic E-state index is 12.2. The van der Waals surface area contributed by atoms with E-state index in [0.29, 0.717) is 31.0 Å². The lowest BCUT2D eigenvalue weighted by atomic mass is 10.1. The molecule has 1 unspecified atom stereocenters. The number of hydrogen-bond acceptors (Lipinski definition) is 3. The molecule has 1 saturated heterocycles. The molecule has 1 aromatic carbocycles. The zero-order chi connectivity index (χ0) is 18.5. The van der Waals surface area contributed by atoms with Crippen LogP contribution in [-0.2, 0) is 16.1 Å². The minimum absolute atomic E-state index is 0.0391. The van der Waals surface area contributed by atoms with E-state index in [1.165, 1.54) is 0 Å². The van der Waals surface area contributed by atoms with Gasteiger partial charge in [0.25, 0.3) is 0 Å². The molecular weight excluding hydrogens is 354 g/mol. The van der Waals surface area contributed by atoms with Crippen molar-refractivity contribution in [3.05, 3.63) is 58.8 Å². The Hall–Kier alpha value is -2.47. The normalized spacial score (nSPS) is 22.3. The fourth-order valence-corrected chi connectivity index (χ4v) is 3.42. The van der Waals surface area contributed by atoms with Crippen LogP contribution < -0.4 is 11.1 Å². The number of nitrogens with zero attached hydrogens (tertiary/aromatic N) is 1. The fraction of sp³-hybridized carbons (Fsp3) is 0.368. The number of nitrogens with one attached hydrogen (secondary N) is 1. The lowest BCUT2D eigenvalue weighted by Crippen LogP contribution is -2.38. The van der Waals surface area contributed by atoms with E-state index in [4.69, 9.17) is 22.1 Å². The number of benzene rings is 1. The van der Waals surface area contributed by atoms with Gasteiger partial charge < -0.3 is 20.7 Å². The van der Waals surface area contributed by atoms with Crippen molar-refractivity contribution in [3.8, 4) is 0 Å². The largest absolute Gasteiger partial charge is 0.492 e. The van der Waals surface area contributed by atoms with Crippen molar-refractivity contribution in [3.63, 3.8) is 0 Å². The highest BCUT2D eigenvalue weighted by Gasteiger charge is 2.31. The Balaban J connectivity index is 1.54. The molecule has 1 fully saturated rings. The molecule has 0 radical (unpaired) electrons. The molecule has 1 aliphatic carbocycles. The molecule has 26 heavy (non-hydrogen) atoms. The molecule has 1 aromatic rings. The first kappa shape index (κ1) is 18.3. The number of carbonyl (C=O) groups excluding carboxylic acids is 2. The second-order valence-electron chi connectivity index (χ2n) is 6.47. The van der Waals surface area contributed by atoms with E-state index in [0.717, 1.165) is 17.7 Å². The molecule has 1 aliphatic heterocycles. The van der Waals surface area contributed by atoms with E-state index >= 15 is 0 Å².